The monoisotopic (exact) mass is 220 g/mol. The smallest absolute Gasteiger partial charge is 0.0180 e. The lowest BCUT2D eigenvalue weighted by Crippen LogP contribution is -2.28. The summed E-state index contributed by atoms with van der Waals surface area (Å²) >= 11 is 0. The van der Waals surface area contributed by atoms with Crippen LogP contribution in [0.25, 0.3) is 0 Å². The highest BCUT2D eigenvalue weighted by Crippen LogP contribution is 2.11. The van der Waals surface area contributed by atoms with Crippen molar-refractivity contribution in [1.82, 2.24) is 5.32 Å². The molecular formula is C14H24N2. The van der Waals surface area contributed by atoms with Crippen LogP contribution in [0.4, 0.5) is 0 Å². The second-order valence-electron chi connectivity index (χ2n) is 5.46. The van der Waals surface area contributed by atoms with E-state index in [2.05, 4.69) is 44.3 Å². The first kappa shape index (κ1) is 13.2. The minimum Gasteiger partial charge on any atom is -0.326 e. The highest BCUT2D eigenvalue weighted by molar-refractivity contribution is 5.27. The van der Waals surface area contributed by atoms with Gasteiger partial charge in [0.2, 0.25) is 0 Å². The molecule has 2 heteroatoms. The Labute approximate surface area is 99.2 Å². The van der Waals surface area contributed by atoms with Crippen LogP contribution in [0.3, 0.4) is 0 Å². The Kier molecular flexibility index (Phi) is 4.97. The summed E-state index contributed by atoms with van der Waals surface area (Å²) in [6, 6.07) is 8.41. The molecule has 0 aliphatic rings. The quantitative estimate of drug-likeness (QED) is 0.747. The van der Waals surface area contributed by atoms with Gasteiger partial charge < -0.3 is 11.1 Å². The second kappa shape index (κ2) is 6.02. The van der Waals surface area contributed by atoms with E-state index >= 15 is 0 Å². The van der Waals surface area contributed by atoms with E-state index in [4.69, 9.17) is 5.73 Å². The molecule has 1 aromatic carbocycles. The van der Waals surface area contributed by atoms with Crippen molar-refractivity contribution >= 4 is 0 Å². The number of hydrogen-bond acceptors (Lipinski definition) is 2. The molecule has 0 unspecified atom stereocenters. The molecule has 0 radical (unpaired) electrons. The topological polar surface area (TPSA) is 38.0 Å². The van der Waals surface area contributed by atoms with Crippen LogP contribution < -0.4 is 11.1 Å². The summed E-state index contributed by atoms with van der Waals surface area (Å²) in [5.41, 5.74) is 8.69. The summed E-state index contributed by atoms with van der Waals surface area (Å²) in [6.45, 7) is 9.44. The van der Waals surface area contributed by atoms with Crippen molar-refractivity contribution in [1.29, 1.82) is 0 Å². The van der Waals surface area contributed by atoms with Gasteiger partial charge in [-0.15, -0.1) is 0 Å². The van der Waals surface area contributed by atoms with Gasteiger partial charge in [0.25, 0.3) is 0 Å². The minimum atomic E-state index is 0.355. The maximum atomic E-state index is 5.70. The molecule has 0 atom stereocenters. The third-order valence-electron chi connectivity index (χ3n) is 2.56. The fraction of sp³-hybridized carbons (Fsp3) is 0.571. The zero-order valence-electron chi connectivity index (χ0n) is 10.7. The van der Waals surface area contributed by atoms with Crippen LogP contribution in [-0.4, -0.2) is 13.1 Å². The average Bonchev–Trinajstić information content (AvgIpc) is 2.23. The normalized spacial score (nSPS) is 11.8. The fourth-order valence-corrected chi connectivity index (χ4v) is 1.69. The zero-order valence-corrected chi connectivity index (χ0v) is 10.7. The van der Waals surface area contributed by atoms with Crippen molar-refractivity contribution in [3.8, 4) is 0 Å². The van der Waals surface area contributed by atoms with Crippen molar-refractivity contribution in [3.05, 3.63) is 35.4 Å². The van der Waals surface area contributed by atoms with Crippen molar-refractivity contribution in [3.63, 3.8) is 0 Å². The van der Waals surface area contributed by atoms with Crippen molar-refractivity contribution in [2.45, 2.75) is 33.7 Å². The zero-order chi connectivity index (χ0) is 12.0. The third kappa shape index (κ3) is 4.77. The van der Waals surface area contributed by atoms with Gasteiger partial charge in [0.1, 0.15) is 0 Å². The molecule has 0 aromatic heterocycles. The Hall–Kier alpha value is -0.860. The van der Waals surface area contributed by atoms with Gasteiger partial charge in [0, 0.05) is 13.1 Å². The van der Waals surface area contributed by atoms with Gasteiger partial charge in [-0.3, -0.25) is 0 Å². The molecule has 16 heavy (non-hydrogen) atoms. The number of hydrogen-bond donors (Lipinski definition) is 2. The van der Waals surface area contributed by atoms with Crippen LogP contribution in [0.2, 0.25) is 0 Å². The lowest BCUT2D eigenvalue weighted by atomic mass is 9.97. The fourth-order valence-electron chi connectivity index (χ4n) is 1.69. The Morgan fingerprint density at radius 1 is 1.12 bits per heavy atom. The van der Waals surface area contributed by atoms with E-state index in [0.717, 1.165) is 19.5 Å². The third-order valence-corrected chi connectivity index (χ3v) is 2.56. The lowest BCUT2D eigenvalue weighted by Gasteiger charge is -2.19. The molecular weight excluding hydrogens is 196 g/mol. The van der Waals surface area contributed by atoms with E-state index in [-0.39, 0.29) is 0 Å². The maximum Gasteiger partial charge on any atom is 0.0180 e. The van der Waals surface area contributed by atoms with Crippen LogP contribution in [0.5, 0.6) is 0 Å². The van der Waals surface area contributed by atoms with E-state index in [9.17, 15) is 0 Å². The first-order chi connectivity index (χ1) is 7.53. The maximum absolute atomic E-state index is 5.70. The van der Waals surface area contributed by atoms with Crippen LogP contribution in [0.1, 0.15) is 31.9 Å². The number of rotatable bonds is 5. The first-order valence-corrected chi connectivity index (χ1v) is 6.00. The van der Waals surface area contributed by atoms with Crippen LogP contribution in [-0.2, 0) is 13.0 Å². The minimum absolute atomic E-state index is 0.355. The predicted octanol–water partition coefficient (Wildman–Crippen LogP) is 2.32. The first-order valence-electron chi connectivity index (χ1n) is 6.00. The number of nitrogens with one attached hydrogen (secondary N) is 1. The van der Waals surface area contributed by atoms with Gasteiger partial charge >= 0.3 is 0 Å². The molecule has 3 N–H and O–H groups in total. The Balaban J connectivity index is 2.37. The predicted molar refractivity (Wildman–Crippen MR) is 70.4 cm³/mol. The van der Waals surface area contributed by atoms with Crippen LogP contribution in [0.15, 0.2) is 24.3 Å². The van der Waals surface area contributed by atoms with Crippen molar-refractivity contribution in [2.24, 2.45) is 11.1 Å². The number of benzene rings is 1. The largest absolute Gasteiger partial charge is 0.326 e. The molecule has 0 spiro atoms. The van der Waals surface area contributed by atoms with E-state index < -0.39 is 0 Å². The molecule has 0 fully saturated rings. The molecule has 2 nitrogen and oxygen atoms in total. The van der Waals surface area contributed by atoms with Gasteiger partial charge in [-0.25, -0.2) is 0 Å². The molecule has 1 aromatic rings. The van der Waals surface area contributed by atoms with Gasteiger partial charge in [0.05, 0.1) is 0 Å². The Morgan fingerprint density at radius 2 is 1.75 bits per heavy atom. The van der Waals surface area contributed by atoms with E-state index in [0.29, 0.717) is 12.0 Å². The molecule has 0 saturated carbocycles. The van der Waals surface area contributed by atoms with Gasteiger partial charge in [-0.2, -0.15) is 0 Å². The molecule has 1 rings (SSSR count). The van der Waals surface area contributed by atoms with Crippen LogP contribution in [0, 0.1) is 5.41 Å². The summed E-state index contributed by atoms with van der Waals surface area (Å²) in [6.07, 6.45) is 1.06. The second-order valence-corrected chi connectivity index (χ2v) is 5.46. The highest BCUT2D eigenvalue weighted by atomic mass is 14.9. The summed E-state index contributed by atoms with van der Waals surface area (Å²) in [7, 11) is 0. The van der Waals surface area contributed by atoms with Gasteiger partial charge in [-0.1, -0.05) is 45.0 Å². The molecule has 90 valence electrons. The Bertz CT molecular complexity index is 313. The molecule has 0 amide bonds. The summed E-state index contributed by atoms with van der Waals surface area (Å²) in [4.78, 5) is 0. The summed E-state index contributed by atoms with van der Waals surface area (Å²) in [5, 5.41) is 3.48. The van der Waals surface area contributed by atoms with Crippen LogP contribution >= 0.6 is 0 Å². The van der Waals surface area contributed by atoms with Gasteiger partial charge in [0.15, 0.2) is 0 Å². The summed E-state index contributed by atoms with van der Waals surface area (Å²) < 4.78 is 0. The molecule has 0 saturated heterocycles. The summed E-state index contributed by atoms with van der Waals surface area (Å²) in [5.74, 6) is 0. The van der Waals surface area contributed by atoms with E-state index in [1.807, 2.05) is 6.07 Å². The number of nitrogens with two attached hydrogens (primary N) is 1. The lowest BCUT2D eigenvalue weighted by molar-refractivity contribution is 0.381. The molecule has 0 bridgehead atoms. The van der Waals surface area contributed by atoms with Gasteiger partial charge in [-0.05, 0) is 29.5 Å². The van der Waals surface area contributed by atoms with Crippen molar-refractivity contribution in [2.75, 3.05) is 13.1 Å². The average molecular weight is 220 g/mol. The van der Waals surface area contributed by atoms with E-state index in [1.54, 1.807) is 0 Å². The molecule has 0 aliphatic heterocycles. The SMILES string of the molecule is CC(C)(C)CNCCc1ccccc1CN. The van der Waals surface area contributed by atoms with E-state index in [1.165, 1.54) is 11.1 Å². The highest BCUT2D eigenvalue weighted by Gasteiger charge is 2.08. The molecule has 0 aliphatic carbocycles. The standard InChI is InChI=1S/C14H24N2/c1-14(2,3)11-16-9-8-12-6-4-5-7-13(12)10-15/h4-7,16H,8-11,15H2,1-3H3. The Morgan fingerprint density at radius 3 is 2.31 bits per heavy atom. The molecule has 0 heterocycles. The van der Waals surface area contributed by atoms with Crippen molar-refractivity contribution < 1.29 is 0 Å².